The van der Waals surface area contributed by atoms with Gasteiger partial charge in [0, 0.05) is 6.07 Å². The van der Waals surface area contributed by atoms with Gasteiger partial charge in [0.15, 0.2) is 0 Å². The van der Waals surface area contributed by atoms with Crippen molar-refractivity contribution in [1.82, 2.24) is 0 Å². The second-order valence-electron chi connectivity index (χ2n) is 7.90. The standard InChI is InChI=1S/C22H21ClN2O5S/c23-18-11-20(30-16-3-1-2-4-16)19(9-15(18)12-24)25-31(28,29)21-10-14(22(26)27)7-8-17(21)13-5-6-13/h7-11,13,16,25H,1-6H2,(H,26,27). The molecule has 0 aliphatic heterocycles. The Morgan fingerprint density at radius 3 is 2.48 bits per heavy atom. The molecule has 2 saturated carbocycles. The third-order valence-corrected chi connectivity index (χ3v) is 7.33. The molecule has 0 aromatic heterocycles. The van der Waals surface area contributed by atoms with Crippen LogP contribution < -0.4 is 9.46 Å². The van der Waals surface area contributed by atoms with Crippen LogP contribution in [-0.2, 0) is 10.0 Å². The number of carbonyl (C=O) groups is 1. The lowest BCUT2D eigenvalue weighted by Crippen LogP contribution is -2.18. The number of rotatable bonds is 7. The molecular weight excluding hydrogens is 440 g/mol. The monoisotopic (exact) mass is 460 g/mol. The van der Waals surface area contributed by atoms with Crippen molar-refractivity contribution in [3.63, 3.8) is 0 Å². The van der Waals surface area contributed by atoms with Gasteiger partial charge in [-0.1, -0.05) is 17.7 Å². The van der Waals surface area contributed by atoms with Gasteiger partial charge in [-0.25, -0.2) is 13.2 Å². The van der Waals surface area contributed by atoms with Crippen molar-refractivity contribution in [2.24, 2.45) is 0 Å². The maximum atomic E-state index is 13.3. The maximum absolute atomic E-state index is 13.3. The van der Waals surface area contributed by atoms with Crippen LogP contribution in [-0.4, -0.2) is 25.6 Å². The molecule has 2 aromatic rings. The predicted octanol–water partition coefficient (Wildman–Crippen LogP) is 4.91. The Labute approximate surface area is 185 Å². The van der Waals surface area contributed by atoms with E-state index in [-0.39, 0.29) is 44.5 Å². The largest absolute Gasteiger partial charge is 0.488 e. The van der Waals surface area contributed by atoms with E-state index in [2.05, 4.69) is 4.72 Å². The van der Waals surface area contributed by atoms with Crippen LogP contribution in [0.2, 0.25) is 5.02 Å². The molecule has 162 valence electrons. The van der Waals surface area contributed by atoms with E-state index in [1.807, 2.05) is 6.07 Å². The number of nitrogens with one attached hydrogen (secondary N) is 1. The van der Waals surface area contributed by atoms with Crippen LogP contribution in [0.3, 0.4) is 0 Å². The minimum atomic E-state index is -4.14. The van der Waals surface area contributed by atoms with E-state index in [9.17, 15) is 23.6 Å². The van der Waals surface area contributed by atoms with Crippen LogP contribution >= 0.6 is 11.6 Å². The van der Waals surface area contributed by atoms with Crippen molar-refractivity contribution in [2.45, 2.75) is 55.4 Å². The van der Waals surface area contributed by atoms with Crippen molar-refractivity contribution in [1.29, 1.82) is 5.26 Å². The van der Waals surface area contributed by atoms with Gasteiger partial charge >= 0.3 is 5.97 Å². The number of ether oxygens (including phenoxy) is 1. The zero-order valence-corrected chi connectivity index (χ0v) is 18.2. The summed E-state index contributed by atoms with van der Waals surface area (Å²) in [6, 6.07) is 8.90. The second-order valence-corrected chi connectivity index (χ2v) is 9.96. The van der Waals surface area contributed by atoms with E-state index in [0.29, 0.717) is 5.56 Å². The van der Waals surface area contributed by atoms with Crippen molar-refractivity contribution in [2.75, 3.05) is 4.72 Å². The molecule has 0 radical (unpaired) electrons. The Balaban J connectivity index is 1.75. The van der Waals surface area contributed by atoms with Crippen molar-refractivity contribution in [3.05, 3.63) is 52.0 Å². The number of carboxylic acids is 1. The third-order valence-electron chi connectivity index (χ3n) is 5.60. The van der Waals surface area contributed by atoms with Gasteiger partial charge in [0.1, 0.15) is 11.8 Å². The fourth-order valence-corrected chi connectivity index (χ4v) is 5.42. The van der Waals surface area contributed by atoms with Crippen LogP contribution in [0.15, 0.2) is 35.2 Å². The molecule has 4 rings (SSSR count). The molecular formula is C22H21ClN2O5S. The number of sulfonamides is 1. The summed E-state index contributed by atoms with van der Waals surface area (Å²) in [5.74, 6) is -0.868. The number of benzene rings is 2. The summed E-state index contributed by atoms with van der Waals surface area (Å²) in [4.78, 5) is 11.3. The maximum Gasteiger partial charge on any atom is 0.335 e. The Morgan fingerprint density at radius 1 is 1.16 bits per heavy atom. The molecule has 2 aliphatic rings. The summed E-state index contributed by atoms with van der Waals surface area (Å²) in [5.41, 5.74) is 0.696. The molecule has 2 fully saturated rings. The average molecular weight is 461 g/mol. The number of hydrogen-bond donors (Lipinski definition) is 2. The number of carboxylic acid groups (broad SMARTS) is 1. The SMILES string of the molecule is N#Cc1cc(NS(=O)(=O)c2cc(C(=O)O)ccc2C2CC2)c(OC2CCCC2)cc1Cl. The molecule has 0 saturated heterocycles. The fraction of sp³-hybridized carbons (Fsp3) is 0.364. The van der Waals surface area contributed by atoms with Crippen LogP contribution in [0.4, 0.5) is 5.69 Å². The zero-order chi connectivity index (χ0) is 22.2. The van der Waals surface area contributed by atoms with Gasteiger partial charge in [-0.2, -0.15) is 5.26 Å². The van der Waals surface area contributed by atoms with Crippen LogP contribution in [0, 0.1) is 11.3 Å². The number of aromatic carboxylic acids is 1. The summed E-state index contributed by atoms with van der Waals surface area (Å²) in [6.45, 7) is 0. The van der Waals surface area contributed by atoms with Gasteiger partial charge in [0.2, 0.25) is 0 Å². The smallest absolute Gasteiger partial charge is 0.335 e. The minimum Gasteiger partial charge on any atom is -0.488 e. The topological polar surface area (TPSA) is 116 Å². The van der Waals surface area contributed by atoms with Crippen molar-refractivity contribution in [3.8, 4) is 11.8 Å². The summed E-state index contributed by atoms with van der Waals surface area (Å²) in [7, 11) is -4.14. The Morgan fingerprint density at radius 2 is 1.87 bits per heavy atom. The molecule has 2 N–H and O–H groups in total. The highest BCUT2D eigenvalue weighted by atomic mass is 35.5. The van der Waals surface area contributed by atoms with Gasteiger partial charge in [0.05, 0.1) is 32.8 Å². The van der Waals surface area contributed by atoms with Crippen LogP contribution in [0.1, 0.15) is 65.9 Å². The highest BCUT2D eigenvalue weighted by molar-refractivity contribution is 7.92. The van der Waals surface area contributed by atoms with E-state index < -0.39 is 16.0 Å². The predicted molar refractivity (Wildman–Crippen MR) is 115 cm³/mol. The van der Waals surface area contributed by atoms with E-state index in [1.165, 1.54) is 24.3 Å². The quantitative estimate of drug-likeness (QED) is 0.606. The molecule has 0 spiro atoms. The molecule has 2 aromatic carbocycles. The Bertz CT molecular complexity index is 1180. The molecule has 9 heteroatoms. The molecule has 31 heavy (non-hydrogen) atoms. The average Bonchev–Trinajstić information content (AvgIpc) is 3.46. The first-order chi connectivity index (χ1) is 14.8. The van der Waals surface area contributed by atoms with Gasteiger partial charge in [-0.3, -0.25) is 4.72 Å². The molecule has 2 aliphatic carbocycles. The first-order valence-electron chi connectivity index (χ1n) is 10.1. The summed E-state index contributed by atoms with van der Waals surface area (Å²) < 4.78 is 35.2. The summed E-state index contributed by atoms with van der Waals surface area (Å²) >= 11 is 6.16. The number of halogens is 1. The first kappa shape index (κ1) is 21.5. The molecule has 7 nitrogen and oxygen atoms in total. The summed E-state index contributed by atoms with van der Waals surface area (Å²) in [6.07, 6.45) is 5.43. The number of anilines is 1. The molecule has 0 atom stereocenters. The molecule has 0 amide bonds. The highest BCUT2D eigenvalue weighted by Gasteiger charge is 2.32. The van der Waals surface area contributed by atoms with E-state index in [1.54, 1.807) is 6.07 Å². The summed E-state index contributed by atoms with van der Waals surface area (Å²) in [5, 5.41) is 18.8. The lowest BCUT2D eigenvalue weighted by atomic mass is 10.1. The molecule has 0 bridgehead atoms. The Kier molecular flexibility index (Phi) is 5.82. The zero-order valence-electron chi connectivity index (χ0n) is 16.6. The van der Waals surface area contributed by atoms with E-state index >= 15 is 0 Å². The van der Waals surface area contributed by atoms with E-state index in [0.717, 1.165) is 38.5 Å². The van der Waals surface area contributed by atoms with Gasteiger partial charge in [-0.05, 0) is 68.2 Å². The normalized spacial score (nSPS) is 16.6. The second kappa shape index (κ2) is 8.40. The fourth-order valence-electron chi connectivity index (χ4n) is 3.84. The number of hydrogen-bond acceptors (Lipinski definition) is 5. The van der Waals surface area contributed by atoms with Crippen molar-refractivity contribution >= 4 is 33.3 Å². The minimum absolute atomic E-state index is 0.0513. The lowest BCUT2D eigenvalue weighted by Gasteiger charge is -2.19. The van der Waals surface area contributed by atoms with Crippen LogP contribution in [0.5, 0.6) is 5.75 Å². The van der Waals surface area contributed by atoms with Crippen molar-refractivity contribution < 1.29 is 23.1 Å². The highest BCUT2D eigenvalue weighted by Crippen LogP contribution is 2.44. The lowest BCUT2D eigenvalue weighted by molar-refractivity contribution is 0.0696. The van der Waals surface area contributed by atoms with E-state index in [4.69, 9.17) is 16.3 Å². The van der Waals surface area contributed by atoms with Crippen LogP contribution in [0.25, 0.3) is 0 Å². The number of nitrogens with zero attached hydrogens (tertiary/aromatic N) is 1. The van der Waals surface area contributed by atoms with Gasteiger partial charge < -0.3 is 9.84 Å². The first-order valence-corrected chi connectivity index (χ1v) is 11.9. The third kappa shape index (κ3) is 4.63. The molecule has 0 unspecified atom stereocenters. The van der Waals surface area contributed by atoms with Gasteiger partial charge in [-0.15, -0.1) is 0 Å². The molecule has 0 heterocycles. The Hall–Kier alpha value is -2.76. The number of nitriles is 1. The van der Waals surface area contributed by atoms with Gasteiger partial charge in [0.25, 0.3) is 10.0 Å².